The number of nitrogens with two attached hydrogens (primary N) is 1. The van der Waals surface area contributed by atoms with Crippen LogP contribution in [0.4, 0.5) is 5.00 Å². The Morgan fingerprint density at radius 3 is 2.74 bits per heavy atom. The van der Waals surface area contributed by atoms with E-state index in [1.54, 1.807) is 12.4 Å². The molecule has 3 rings (SSSR count). The van der Waals surface area contributed by atoms with E-state index in [9.17, 15) is 4.79 Å². The van der Waals surface area contributed by atoms with Gasteiger partial charge in [0.05, 0.1) is 15.6 Å². The number of amides is 1. The molecule has 2 heterocycles. The van der Waals surface area contributed by atoms with Crippen LogP contribution < -0.4 is 11.1 Å². The molecule has 0 saturated heterocycles. The second kappa shape index (κ2) is 6.89. The topological polar surface area (TPSA) is 68.0 Å². The molecule has 0 fully saturated rings. The molecule has 1 atom stereocenters. The number of hydrogen-bond donors (Lipinski definition) is 2. The molecule has 23 heavy (non-hydrogen) atoms. The third-order valence-corrected chi connectivity index (χ3v) is 4.91. The number of nitrogens with one attached hydrogen (secondary N) is 1. The molecule has 0 aliphatic rings. The number of rotatable bonds is 5. The van der Waals surface area contributed by atoms with Gasteiger partial charge in [0.15, 0.2) is 0 Å². The molecule has 118 valence electrons. The van der Waals surface area contributed by atoms with Gasteiger partial charge in [0, 0.05) is 18.9 Å². The van der Waals surface area contributed by atoms with Gasteiger partial charge in [-0.2, -0.15) is 0 Å². The summed E-state index contributed by atoms with van der Waals surface area (Å²) in [5, 5.41) is 4.88. The molecule has 1 amide bonds. The van der Waals surface area contributed by atoms with E-state index in [0.29, 0.717) is 0 Å². The lowest BCUT2D eigenvalue weighted by Crippen LogP contribution is -2.27. The molecule has 4 nitrogen and oxygen atoms in total. The van der Waals surface area contributed by atoms with Gasteiger partial charge in [-0.1, -0.05) is 31.2 Å². The summed E-state index contributed by atoms with van der Waals surface area (Å²) in [7, 11) is 0. The summed E-state index contributed by atoms with van der Waals surface area (Å²) in [6.07, 6.45) is 4.54. The third-order valence-electron chi connectivity index (χ3n) is 3.91. The first-order chi connectivity index (χ1) is 11.2. The molecule has 5 heteroatoms. The number of carbonyl (C=O) groups is 1. The molecule has 0 unspecified atom stereocenters. The highest BCUT2D eigenvalue weighted by atomic mass is 32.1. The van der Waals surface area contributed by atoms with E-state index in [1.807, 2.05) is 24.3 Å². The van der Waals surface area contributed by atoms with Gasteiger partial charge >= 0.3 is 0 Å². The molecule has 0 spiro atoms. The maximum Gasteiger partial charge on any atom is 0.233 e. The number of hydrogen-bond acceptors (Lipinski definition) is 4. The summed E-state index contributed by atoms with van der Waals surface area (Å²) >= 11 is 1.52. The summed E-state index contributed by atoms with van der Waals surface area (Å²) in [5.41, 5.74) is 8.04. The van der Waals surface area contributed by atoms with E-state index in [-0.39, 0.29) is 18.4 Å². The molecule has 0 radical (unpaired) electrons. The lowest BCUT2D eigenvalue weighted by molar-refractivity contribution is -0.117. The Kier molecular flexibility index (Phi) is 4.69. The molecular weight excluding hydrogens is 306 g/mol. The van der Waals surface area contributed by atoms with Crippen LogP contribution in [0.1, 0.15) is 24.0 Å². The average molecular weight is 325 g/mol. The number of fused-ring (bicyclic) bond motifs is 1. The van der Waals surface area contributed by atoms with E-state index < -0.39 is 0 Å². The SMILES string of the molecule is CCc1ccc([C@@H](CN)C(=O)Nc2cc3ccncc3s2)cc1. The average Bonchev–Trinajstić information content (AvgIpc) is 2.98. The minimum atomic E-state index is -0.343. The van der Waals surface area contributed by atoms with Crippen molar-refractivity contribution in [2.75, 3.05) is 11.9 Å². The number of nitrogens with zero attached hydrogens (tertiary/aromatic N) is 1. The van der Waals surface area contributed by atoms with Gasteiger partial charge in [-0.15, -0.1) is 11.3 Å². The van der Waals surface area contributed by atoms with Crippen molar-refractivity contribution >= 4 is 32.3 Å². The van der Waals surface area contributed by atoms with Crippen molar-refractivity contribution in [3.05, 3.63) is 59.9 Å². The predicted octanol–water partition coefficient (Wildman–Crippen LogP) is 3.54. The molecule has 3 aromatic rings. The van der Waals surface area contributed by atoms with Crippen molar-refractivity contribution in [3.8, 4) is 0 Å². The number of pyridine rings is 1. The van der Waals surface area contributed by atoms with Gasteiger partial charge < -0.3 is 11.1 Å². The van der Waals surface area contributed by atoms with E-state index >= 15 is 0 Å². The Balaban J connectivity index is 1.78. The lowest BCUT2D eigenvalue weighted by Gasteiger charge is -2.15. The largest absolute Gasteiger partial charge is 0.329 e. The zero-order valence-electron chi connectivity index (χ0n) is 13.0. The number of aryl methyl sites for hydroxylation is 1. The fraction of sp³-hybridized carbons (Fsp3) is 0.222. The van der Waals surface area contributed by atoms with Gasteiger partial charge in [0.1, 0.15) is 0 Å². The van der Waals surface area contributed by atoms with Crippen LogP contribution in [0.15, 0.2) is 48.8 Å². The second-order valence-corrected chi connectivity index (χ2v) is 6.48. The minimum absolute atomic E-state index is 0.0729. The number of benzene rings is 1. The van der Waals surface area contributed by atoms with Crippen LogP contribution in [-0.2, 0) is 11.2 Å². The smallest absolute Gasteiger partial charge is 0.233 e. The predicted molar refractivity (Wildman–Crippen MR) is 95.9 cm³/mol. The third kappa shape index (κ3) is 3.41. The van der Waals surface area contributed by atoms with Gasteiger partial charge in [0.2, 0.25) is 5.91 Å². The highest BCUT2D eigenvalue weighted by Gasteiger charge is 2.19. The van der Waals surface area contributed by atoms with E-state index in [0.717, 1.165) is 27.1 Å². The van der Waals surface area contributed by atoms with Crippen molar-refractivity contribution in [3.63, 3.8) is 0 Å². The van der Waals surface area contributed by atoms with E-state index in [1.165, 1.54) is 16.9 Å². The summed E-state index contributed by atoms with van der Waals surface area (Å²) in [5.74, 6) is -0.416. The Hall–Kier alpha value is -2.24. The number of anilines is 1. The van der Waals surface area contributed by atoms with Gasteiger partial charge in [-0.25, -0.2) is 0 Å². The van der Waals surface area contributed by atoms with Crippen molar-refractivity contribution in [2.24, 2.45) is 5.73 Å². The maximum atomic E-state index is 12.6. The molecule has 0 bridgehead atoms. The summed E-state index contributed by atoms with van der Waals surface area (Å²) < 4.78 is 1.05. The number of aromatic nitrogens is 1. The minimum Gasteiger partial charge on any atom is -0.329 e. The molecule has 3 N–H and O–H groups in total. The highest BCUT2D eigenvalue weighted by Crippen LogP contribution is 2.29. The number of thiophene rings is 1. The first-order valence-corrected chi connectivity index (χ1v) is 8.46. The monoisotopic (exact) mass is 325 g/mol. The molecule has 0 aliphatic carbocycles. The molecule has 0 aliphatic heterocycles. The highest BCUT2D eigenvalue weighted by molar-refractivity contribution is 7.22. The van der Waals surface area contributed by atoms with Crippen molar-refractivity contribution < 1.29 is 4.79 Å². The van der Waals surface area contributed by atoms with Crippen LogP contribution in [0.25, 0.3) is 10.1 Å². The molecule has 0 saturated carbocycles. The Morgan fingerprint density at radius 2 is 2.09 bits per heavy atom. The summed E-state index contributed by atoms with van der Waals surface area (Å²) in [6.45, 7) is 2.39. The van der Waals surface area contributed by atoms with Crippen molar-refractivity contribution in [1.29, 1.82) is 0 Å². The fourth-order valence-electron chi connectivity index (χ4n) is 2.53. The van der Waals surface area contributed by atoms with E-state index in [2.05, 4.69) is 29.4 Å². The quantitative estimate of drug-likeness (QED) is 0.754. The van der Waals surface area contributed by atoms with Crippen LogP contribution >= 0.6 is 11.3 Å². The normalized spacial score (nSPS) is 12.3. The molecular formula is C18H19N3OS. The fourth-order valence-corrected chi connectivity index (χ4v) is 3.47. The first-order valence-electron chi connectivity index (χ1n) is 7.64. The van der Waals surface area contributed by atoms with Gasteiger partial charge in [0.25, 0.3) is 0 Å². The van der Waals surface area contributed by atoms with Gasteiger partial charge in [-0.3, -0.25) is 9.78 Å². The van der Waals surface area contributed by atoms with Crippen molar-refractivity contribution in [1.82, 2.24) is 4.98 Å². The second-order valence-electron chi connectivity index (χ2n) is 5.40. The molecule has 2 aromatic heterocycles. The van der Waals surface area contributed by atoms with Crippen LogP contribution in [0, 0.1) is 0 Å². The van der Waals surface area contributed by atoms with Crippen LogP contribution in [-0.4, -0.2) is 17.4 Å². The van der Waals surface area contributed by atoms with Crippen molar-refractivity contribution in [2.45, 2.75) is 19.3 Å². The standard InChI is InChI=1S/C18H19N3OS/c1-2-12-3-5-13(6-4-12)15(10-19)18(22)21-17-9-14-7-8-20-11-16(14)23-17/h3-9,11,15H,2,10,19H2,1H3,(H,21,22)/t15-/m1/s1. The van der Waals surface area contributed by atoms with E-state index in [4.69, 9.17) is 5.73 Å². The molecule has 1 aromatic carbocycles. The maximum absolute atomic E-state index is 12.6. The zero-order chi connectivity index (χ0) is 16.2. The van der Waals surface area contributed by atoms with Crippen LogP contribution in [0.5, 0.6) is 0 Å². The summed E-state index contributed by atoms with van der Waals surface area (Å²) in [6, 6.07) is 12.0. The van der Waals surface area contributed by atoms with Gasteiger partial charge in [-0.05, 0) is 35.1 Å². The van der Waals surface area contributed by atoms with Crippen LogP contribution in [0.2, 0.25) is 0 Å². The zero-order valence-corrected chi connectivity index (χ0v) is 13.8. The number of carbonyl (C=O) groups excluding carboxylic acids is 1. The Bertz CT molecular complexity index is 778. The Morgan fingerprint density at radius 1 is 1.30 bits per heavy atom. The lowest BCUT2D eigenvalue weighted by atomic mass is 9.97. The first kappa shape index (κ1) is 15.6. The summed E-state index contributed by atoms with van der Waals surface area (Å²) in [4.78, 5) is 16.7. The Labute approximate surface area is 139 Å². The van der Waals surface area contributed by atoms with Crippen LogP contribution in [0.3, 0.4) is 0 Å².